The molecule has 0 aromatic heterocycles. The van der Waals surface area contributed by atoms with E-state index in [4.69, 9.17) is 0 Å². The fourth-order valence-corrected chi connectivity index (χ4v) is 5.87. The zero-order valence-corrected chi connectivity index (χ0v) is 23.7. The second kappa shape index (κ2) is 10.8. The maximum absolute atomic E-state index is 2.41. The highest BCUT2D eigenvalue weighted by Crippen LogP contribution is 2.40. The van der Waals surface area contributed by atoms with Gasteiger partial charge in [-0.05, 0) is 132 Å². The van der Waals surface area contributed by atoms with Gasteiger partial charge in [-0.15, -0.1) is 0 Å². The first-order chi connectivity index (χ1) is 18.3. The Balaban J connectivity index is 1.60. The number of aryl methyl sites for hydroxylation is 4. The lowest BCUT2D eigenvalue weighted by atomic mass is 9.81. The summed E-state index contributed by atoms with van der Waals surface area (Å²) in [6.07, 6.45) is 2.02. The molecule has 0 amide bonds. The average Bonchev–Trinajstić information content (AvgIpc) is 2.93. The lowest BCUT2D eigenvalue weighted by Crippen LogP contribution is -2.05. The van der Waals surface area contributed by atoms with Crippen molar-refractivity contribution in [2.75, 3.05) is 0 Å². The molecule has 0 atom stereocenters. The van der Waals surface area contributed by atoms with Gasteiger partial charge in [-0.2, -0.15) is 0 Å². The van der Waals surface area contributed by atoms with Gasteiger partial charge in [0.15, 0.2) is 0 Å². The van der Waals surface area contributed by atoms with E-state index in [-0.39, 0.29) is 0 Å². The van der Waals surface area contributed by atoms with E-state index in [0.29, 0.717) is 0 Å². The summed E-state index contributed by atoms with van der Waals surface area (Å²) in [5, 5.41) is 0. The van der Waals surface area contributed by atoms with E-state index < -0.39 is 0 Å². The van der Waals surface area contributed by atoms with E-state index in [0.717, 1.165) is 12.8 Å². The van der Waals surface area contributed by atoms with Crippen LogP contribution in [0, 0.1) is 41.5 Å². The van der Waals surface area contributed by atoms with E-state index in [2.05, 4.69) is 139 Å². The van der Waals surface area contributed by atoms with Gasteiger partial charge in [0.2, 0.25) is 0 Å². The Morgan fingerprint density at radius 2 is 0.921 bits per heavy atom. The maximum Gasteiger partial charge on any atom is -0.0117 e. The summed E-state index contributed by atoms with van der Waals surface area (Å²) in [4.78, 5) is 0. The summed E-state index contributed by atoms with van der Waals surface area (Å²) >= 11 is 0. The molecule has 0 nitrogen and oxygen atoms in total. The first kappa shape index (κ1) is 25.7. The molecule has 0 saturated heterocycles. The molecule has 0 bridgehead atoms. The van der Waals surface area contributed by atoms with Crippen molar-refractivity contribution in [3.63, 3.8) is 0 Å². The van der Waals surface area contributed by atoms with Crippen LogP contribution in [0.3, 0.4) is 0 Å². The standard InChI is InChI=1S/C38H38/c1-25-17-19-34(23-27(25)3)35-20-18-26(2)33(24-35)21-22-36-30(6)37(31-13-9-7-10-14-31)28(4)29(5)38(36)32-15-11-8-12-16-32/h7-20,23-24H,21-22H2,1-6H3. The summed E-state index contributed by atoms with van der Waals surface area (Å²) in [6.45, 7) is 13.6. The largest absolute Gasteiger partial charge is 0.0622 e. The summed E-state index contributed by atoms with van der Waals surface area (Å²) in [5.41, 5.74) is 19.1. The van der Waals surface area contributed by atoms with Gasteiger partial charge in [0, 0.05) is 0 Å². The Morgan fingerprint density at radius 1 is 0.395 bits per heavy atom. The Bertz CT molecular complexity index is 1590. The van der Waals surface area contributed by atoms with Crippen molar-refractivity contribution in [3.05, 3.63) is 142 Å². The van der Waals surface area contributed by atoms with Crippen LogP contribution >= 0.6 is 0 Å². The molecule has 0 radical (unpaired) electrons. The summed E-state index contributed by atoms with van der Waals surface area (Å²) < 4.78 is 0. The van der Waals surface area contributed by atoms with Gasteiger partial charge in [-0.3, -0.25) is 0 Å². The molecule has 0 N–H and O–H groups in total. The van der Waals surface area contributed by atoms with E-state index >= 15 is 0 Å². The van der Waals surface area contributed by atoms with Crippen LogP contribution in [-0.4, -0.2) is 0 Å². The Hall–Kier alpha value is -3.90. The van der Waals surface area contributed by atoms with Gasteiger partial charge in [-0.25, -0.2) is 0 Å². The highest BCUT2D eigenvalue weighted by atomic mass is 14.2. The van der Waals surface area contributed by atoms with Crippen LogP contribution in [0.15, 0.2) is 97.1 Å². The predicted octanol–water partition coefficient (Wildman–Crippen LogP) is 10.3. The third-order valence-corrected chi connectivity index (χ3v) is 8.40. The average molecular weight is 495 g/mol. The van der Waals surface area contributed by atoms with Crippen LogP contribution < -0.4 is 0 Å². The number of hydrogen-bond acceptors (Lipinski definition) is 0. The molecule has 0 saturated carbocycles. The smallest absolute Gasteiger partial charge is 0.0117 e. The highest BCUT2D eigenvalue weighted by molar-refractivity contribution is 5.83. The van der Waals surface area contributed by atoms with Crippen molar-refractivity contribution < 1.29 is 0 Å². The monoisotopic (exact) mass is 494 g/mol. The fourth-order valence-electron chi connectivity index (χ4n) is 5.87. The molecular weight excluding hydrogens is 456 g/mol. The molecule has 5 aromatic rings. The summed E-state index contributed by atoms with van der Waals surface area (Å²) in [6, 6.07) is 35.6. The van der Waals surface area contributed by atoms with E-state index in [1.165, 1.54) is 77.9 Å². The zero-order valence-electron chi connectivity index (χ0n) is 23.7. The van der Waals surface area contributed by atoms with Crippen molar-refractivity contribution in [2.24, 2.45) is 0 Å². The lowest BCUT2D eigenvalue weighted by Gasteiger charge is -2.23. The Morgan fingerprint density at radius 3 is 1.53 bits per heavy atom. The lowest BCUT2D eigenvalue weighted by molar-refractivity contribution is 0.938. The van der Waals surface area contributed by atoms with Gasteiger partial charge in [0.05, 0.1) is 0 Å². The third-order valence-electron chi connectivity index (χ3n) is 8.40. The predicted molar refractivity (Wildman–Crippen MR) is 165 cm³/mol. The second-order valence-electron chi connectivity index (χ2n) is 10.8. The number of hydrogen-bond donors (Lipinski definition) is 0. The van der Waals surface area contributed by atoms with Gasteiger partial charge in [0.1, 0.15) is 0 Å². The van der Waals surface area contributed by atoms with Crippen molar-refractivity contribution >= 4 is 0 Å². The molecule has 0 heterocycles. The minimum atomic E-state index is 1.01. The molecule has 0 unspecified atom stereocenters. The van der Waals surface area contributed by atoms with Gasteiger partial charge < -0.3 is 0 Å². The van der Waals surface area contributed by atoms with E-state index in [9.17, 15) is 0 Å². The second-order valence-corrected chi connectivity index (χ2v) is 10.8. The molecule has 190 valence electrons. The molecule has 0 heteroatoms. The van der Waals surface area contributed by atoms with Gasteiger partial charge >= 0.3 is 0 Å². The topological polar surface area (TPSA) is 0 Å². The van der Waals surface area contributed by atoms with Crippen LogP contribution in [0.25, 0.3) is 33.4 Å². The fraction of sp³-hybridized carbons (Fsp3) is 0.211. The molecule has 0 spiro atoms. The minimum Gasteiger partial charge on any atom is -0.0622 e. The normalized spacial score (nSPS) is 11.1. The molecule has 5 aromatic carbocycles. The van der Waals surface area contributed by atoms with Crippen molar-refractivity contribution in [1.29, 1.82) is 0 Å². The van der Waals surface area contributed by atoms with Crippen molar-refractivity contribution in [3.8, 4) is 33.4 Å². The highest BCUT2D eigenvalue weighted by Gasteiger charge is 2.19. The molecule has 0 aliphatic carbocycles. The molecular formula is C38H38. The maximum atomic E-state index is 2.41. The molecule has 0 aliphatic heterocycles. The van der Waals surface area contributed by atoms with Crippen LogP contribution in [0.5, 0.6) is 0 Å². The minimum absolute atomic E-state index is 1.01. The third kappa shape index (κ3) is 4.96. The van der Waals surface area contributed by atoms with E-state index in [1.807, 2.05) is 0 Å². The van der Waals surface area contributed by atoms with Gasteiger partial charge in [0.25, 0.3) is 0 Å². The van der Waals surface area contributed by atoms with Crippen LogP contribution in [-0.2, 0) is 12.8 Å². The molecule has 0 fully saturated rings. The number of rotatable bonds is 6. The van der Waals surface area contributed by atoms with Crippen molar-refractivity contribution in [1.82, 2.24) is 0 Å². The molecule has 5 rings (SSSR count). The van der Waals surface area contributed by atoms with Crippen LogP contribution in [0.2, 0.25) is 0 Å². The van der Waals surface area contributed by atoms with E-state index in [1.54, 1.807) is 0 Å². The zero-order chi connectivity index (χ0) is 26.8. The van der Waals surface area contributed by atoms with Crippen LogP contribution in [0.4, 0.5) is 0 Å². The Kier molecular flexibility index (Phi) is 7.34. The van der Waals surface area contributed by atoms with Gasteiger partial charge in [-0.1, -0.05) is 97.1 Å². The quantitative estimate of drug-likeness (QED) is 0.220. The molecule has 0 aliphatic rings. The van der Waals surface area contributed by atoms with Crippen LogP contribution in [0.1, 0.15) is 44.5 Å². The summed E-state index contributed by atoms with van der Waals surface area (Å²) in [5.74, 6) is 0. The molecule has 38 heavy (non-hydrogen) atoms. The first-order valence-corrected chi connectivity index (χ1v) is 13.8. The first-order valence-electron chi connectivity index (χ1n) is 13.8. The summed E-state index contributed by atoms with van der Waals surface area (Å²) in [7, 11) is 0. The Labute approximate surface area is 229 Å². The SMILES string of the molecule is Cc1ccc(-c2ccc(C)c(CCc3c(C)c(-c4ccccc4)c(C)c(C)c3-c3ccccc3)c2)cc1C. The number of benzene rings is 5. The van der Waals surface area contributed by atoms with Crippen molar-refractivity contribution in [2.45, 2.75) is 54.4 Å².